The highest BCUT2D eigenvalue weighted by Gasteiger charge is 1.87. The Bertz CT molecular complexity index is 95.3. The van der Waals surface area contributed by atoms with Gasteiger partial charge in [-0.05, 0) is 6.08 Å². The van der Waals surface area contributed by atoms with Gasteiger partial charge in [-0.15, -0.1) is 0 Å². The molecule has 0 rings (SSSR count). The van der Waals surface area contributed by atoms with Crippen LogP contribution in [0.2, 0.25) is 0 Å². The smallest absolute Gasteiger partial charge is 0.256 e. The Balaban J connectivity index is 3.11. The highest BCUT2D eigenvalue weighted by molar-refractivity contribution is 6.36. The van der Waals surface area contributed by atoms with Gasteiger partial charge in [-0.25, -0.2) is 0 Å². The molecule has 0 saturated carbocycles. The Kier molecular flexibility index (Phi) is 4.52. The van der Waals surface area contributed by atoms with Crippen molar-refractivity contribution in [2.45, 2.75) is 0 Å². The quantitative estimate of drug-likeness (QED) is 0.356. The average Bonchev–Trinajstić information content (AvgIpc) is 1.83. The van der Waals surface area contributed by atoms with Crippen molar-refractivity contribution in [3.63, 3.8) is 0 Å². The lowest BCUT2D eigenvalue weighted by Crippen LogP contribution is -2.26. The third-order valence-electron chi connectivity index (χ3n) is 0.576. The number of hydrogen-bond donors (Lipinski definition) is 1. The van der Waals surface area contributed by atoms with Crippen LogP contribution in [-0.2, 0) is 8.91 Å². The molecule has 0 aromatic carbocycles. The molecule has 0 spiro atoms. The first kappa shape index (κ1) is 7.60. The van der Waals surface area contributed by atoms with Crippen LogP contribution in [-0.4, -0.2) is 26.3 Å². The number of carbonyl (C=O) groups excluding carboxylic acids is 1. The fourth-order valence-corrected chi connectivity index (χ4v) is 1.08. The lowest BCUT2D eigenvalue weighted by Gasteiger charge is -1.95. The summed E-state index contributed by atoms with van der Waals surface area (Å²) in [4.78, 5) is 12.9. The number of amides is 1. The van der Waals surface area contributed by atoms with Gasteiger partial charge in [-0.3, -0.25) is 4.79 Å². The van der Waals surface area contributed by atoms with Gasteiger partial charge >= 0.3 is 0 Å². The van der Waals surface area contributed by atoms with E-state index in [4.69, 9.17) is 4.12 Å². The molecule has 0 unspecified atom stereocenters. The van der Waals surface area contributed by atoms with Crippen molar-refractivity contribution in [3.05, 3.63) is 12.7 Å². The van der Waals surface area contributed by atoms with E-state index in [1.54, 1.807) is 0 Å². The molecule has 0 fully saturated rings. The average molecular weight is 147 g/mol. The summed E-state index contributed by atoms with van der Waals surface area (Å²) < 4.78 is 4.81. The first-order valence-electron chi connectivity index (χ1n) is 2.20. The lowest BCUT2D eigenvalue weighted by molar-refractivity contribution is -0.115. The summed E-state index contributed by atoms with van der Waals surface area (Å²) in [5, 5.41) is 0. The van der Waals surface area contributed by atoms with Crippen molar-refractivity contribution in [1.82, 2.24) is 4.98 Å². The van der Waals surface area contributed by atoms with Crippen molar-refractivity contribution < 1.29 is 8.91 Å². The van der Waals surface area contributed by atoms with Crippen LogP contribution in [0.15, 0.2) is 12.7 Å². The zero-order valence-corrected chi connectivity index (χ0v) is 8.22. The Morgan fingerprint density at radius 2 is 2.62 bits per heavy atom. The molecule has 0 aliphatic heterocycles. The molecule has 1 N–H and O–H groups in total. The molecule has 0 atom stereocenters. The minimum absolute atomic E-state index is 0.132. The van der Waals surface area contributed by atoms with E-state index >= 15 is 0 Å². The number of carbonyl (C=O) groups is 1. The minimum atomic E-state index is -0.746. The molecule has 46 valence electrons. The molecule has 0 aliphatic rings. The summed E-state index contributed by atoms with van der Waals surface area (Å²) in [6.07, 6.45) is 1.24. The normalized spacial score (nSPS) is 10.0. The second-order valence-corrected chi connectivity index (χ2v) is 4.13. The monoisotopic (exact) mass is 147 g/mol. The molecule has 0 aliphatic carbocycles. The largest absolute Gasteiger partial charge is 0.453 e. The first-order chi connectivity index (χ1) is 3.81. The summed E-state index contributed by atoms with van der Waals surface area (Å²) >= 11 is 0. The molecule has 0 bridgehead atoms. The standard InChI is InChI=1S/C3H9NO2Si2/c1-2-3(5)4-8-6-7/h2H,1,8H2,7H3,(H,4,5). The second-order valence-electron chi connectivity index (χ2n) is 1.18. The van der Waals surface area contributed by atoms with Gasteiger partial charge in [0.05, 0.1) is 0 Å². The highest BCUT2D eigenvalue weighted by Crippen LogP contribution is 1.61. The molecule has 0 aromatic rings. The molecular formula is C3H9NO2Si2. The predicted octanol–water partition coefficient (Wildman–Crippen LogP) is -2.42. The fourth-order valence-electron chi connectivity index (χ4n) is 0.215. The van der Waals surface area contributed by atoms with Crippen LogP contribution in [0, 0.1) is 0 Å². The van der Waals surface area contributed by atoms with Crippen molar-refractivity contribution >= 4 is 26.3 Å². The third-order valence-corrected chi connectivity index (χ3v) is 2.22. The molecule has 0 aromatic heterocycles. The molecule has 3 nitrogen and oxygen atoms in total. The molecule has 5 heteroatoms. The van der Waals surface area contributed by atoms with E-state index in [1.807, 2.05) is 0 Å². The van der Waals surface area contributed by atoms with E-state index in [9.17, 15) is 4.79 Å². The summed E-state index contributed by atoms with van der Waals surface area (Å²) in [6.45, 7) is 3.28. The van der Waals surface area contributed by atoms with Crippen LogP contribution >= 0.6 is 0 Å². The highest BCUT2D eigenvalue weighted by atomic mass is 28.3. The number of hydrogen-bond acceptors (Lipinski definition) is 2. The maximum atomic E-state index is 10.3. The van der Waals surface area contributed by atoms with Crippen LogP contribution in [0.5, 0.6) is 0 Å². The number of rotatable bonds is 3. The number of nitrogens with one attached hydrogen (secondary N) is 1. The van der Waals surface area contributed by atoms with E-state index < -0.39 is 9.92 Å². The summed E-state index contributed by atoms with van der Waals surface area (Å²) in [7, 11) is -0.0361. The van der Waals surface area contributed by atoms with E-state index in [1.165, 1.54) is 6.08 Å². The zero-order valence-electron chi connectivity index (χ0n) is 4.81. The van der Waals surface area contributed by atoms with Crippen LogP contribution in [0.25, 0.3) is 0 Å². The first-order valence-corrected chi connectivity index (χ1v) is 4.30. The van der Waals surface area contributed by atoms with E-state index in [2.05, 4.69) is 11.6 Å². The van der Waals surface area contributed by atoms with Crippen molar-refractivity contribution in [2.24, 2.45) is 0 Å². The Hall–Kier alpha value is -0.396. The van der Waals surface area contributed by atoms with Crippen molar-refractivity contribution in [3.8, 4) is 0 Å². The van der Waals surface area contributed by atoms with Gasteiger partial charge in [-0.1, -0.05) is 6.58 Å². The Morgan fingerprint density at radius 3 is 3.00 bits per heavy atom. The summed E-state index contributed by atoms with van der Waals surface area (Å²) in [5.74, 6) is -0.132. The van der Waals surface area contributed by atoms with Gasteiger partial charge < -0.3 is 9.10 Å². The van der Waals surface area contributed by atoms with Gasteiger partial charge in [0, 0.05) is 0 Å². The van der Waals surface area contributed by atoms with Crippen LogP contribution in [0.4, 0.5) is 0 Å². The van der Waals surface area contributed by atoms with Gasteiger partial charge in [0.15, 0.2) is 0 Å². The topological polar surface area (TPSA) is 38.3 Å². The van der Waals surface area contributed by atoms with Gasteiger partial charge in [0.2, 0.25) is 5.91 Å². The lowest BCUT2D eigenvalue weighted by atomic mass is 10.6. The summed E-state index contributed by atoms with van der Waals surface area (Å²) in [5.41, 5.74) is 0. The summed E-state index contributed by atoms with van der Waals surface area (Å²) in [6, 6.07) is 0. The zero-order chi connectivity index (χ0) is 6.41. The van der Waals surface area contributed by atoms with Gasteiger partial charge in [0.25, 0.3) is 9.92 Å². The fraction of sp³-hybridized carbons (Fsp3) is 0. The Morgan fingerprint density at radius 1 is 2.00 bits per heavy atom. The van der Waals surface area contributed by atoms with Gasteiger partial charge in [-0.2, -0.15) is 0 Å². The molecule has 1 amide bonds. The van der Waals surface area contributed by atoms with E-state index in [0.29, 0.717) is 10.5 Å². The minimum Gasteiger partial charge on any atom is -0.453 e. The molecule has 0 saturated heterocycles. The van der Waals surface area contributed by atoms with E-state index in [0.717, 1.165) is 0 Å². The molecular weight excluding hydrogens is 138 g/mol. The third kappa shape index (κ3) is 3.78. The molecule has 0 radical (unpaired) electrons. The second kappa shape index (κ2) is 4.76. The SMILES string of the molecule is C=CC(=O)N[SiH2]O[SiH3]. The van der Waals surface area contributed by atoms with E-state index in [-0.39, 0.29) is 5.91 Å². The Labute approximate surface area is 53.7 Å². The van der Waals surface area contributed by atoms with Crippen LogP contribution in [0.3, 0.4) is 0 Å². The van der Waals surface area contributed by atoms with Crippen LogP contribution in [0.1, 0.15) is 0 Å². The van der Waals surface area contributed by atoms with Crippen LogP contribution < -0.4 is 4.98 Å². The molecule has 8 heavy (non-hydrogen) atoms. The molecule has 0 heterocycles. The van der Waals surface area contributed by atoms with Crippen molar-refractivity contribution in [1.29, 1.82) is 0 Å². The maximum absolute atomic E-state index is 10.3. The van der Waals surface area contributed by atoms with Gasteiger partial charge in [0.1, 0.15) is 10.5 Å². The van der Waals surface area contributed by atoms with Crippen molar-refractivity contribution in [2.75, 3.05) is 0 Å². The predicted molar refractivity (Wildman–Crippen MR) is 37.9 cm³/mol. The maximum Gasteiger partial charge on any atom is 0.256 e.